The minimum atomic E-state index is -1.56. The van der Waals surface area contributed by atoms with Crippen LogP contribution in [0.3, 0.4) is 0 Å². The minimum absolute atomic E-state index is 0.144. The van der Waals surface area contributed by atoms with Crippen molar-refractivity contribution < 1.29 is 39.8 Å². The summed E-state index contributed by atoms with van der Waals surface area (Å²) in [5.74, 6) is -0.152. The van der Waals surface area contributed by atoms with Crippen molar-refractivity contribution in [1.82, 2.24) is 5.32 Å². The number of nitrogens with one attached hydrogen (secondary N) is 1. The Labute approximate surface area is 461 Å². The lowest BCUT2D eigenvalue weighted by molar-refractivity contribution is -0.302. The Morgan fingerprint density at radius 1 is 0.467 bits per heavy atom. The van der Waals surface area contributed by atoms with E-state index in [2.05, 4.69) is 92.1 Å². The maximum Gasteiger partial charge on any atom is 0.220 e. The van der Waals surface area contributed by atoms with Gasteiger partial charge in [-0.1, -0.05) is 286 Å². The van der Waals surface area contributed by atoms with E-state index < -0.39 is 49.5 Å². The smallest absolute Gasteiger partial charge is 0.220 e. The van der Waals surface area contributed by atoms with E-state index in [1.165, 1.54) is 167 Å². The highest BCUT2D eigenvalue weighted by Gasteiger charge is 2.44. The molecule has 436 valence electrons. The average molecular weight is 1050 g/mol. The molecule has 0 aromatic rings. The number of unbranched alkanes of at least 4 members (excludes halogenated alkanes) is 32. The van der Waals surface area contributed by atoms with Crippen LogP contribution in [0.15, 0.2) is 72.9 Å². The monoisotopic (exact) mass is 1050 g/mol. The molecular formula is C66H119NO8. The van der Waals surface area contributed by atoms with E-state index in [0.29, 0.717) is 12.8 Å². The Hall–Kier alpha value is -2.37. The predicted octanol–water partition coefficient (Wildman–Crippen LogP) is 16.4. The number of rotatable bonds is 54. The second-order valence-electron chi connectivity index (χ2n) is 21.8. The maximum atomic E-state index is 13.1. The largest absolute Gasteiger partial charge is 0.394 e. The van der Waals surface area contributed by atoms with Crippen LogP contribution in [0.1, 0.15) is 284 Å². The van der Waals surface area contributed by atoms with Gasteiger partial charge in [-0.25, -0.2) is 0 Å². The molecule has 0 aromatic heterocycles. The Bertz CT molecular complexity index is 1410. The van der Waals surface area contributed by atoms with Gasteiger partial charge in [0, 0.05) is 6.42 Å². The van der Waals surface area contributed by atoms with Crippen LogP contribution in [-0.2, 0) is 14.3 Å². The van der Waals surface area contributed by atoms with E-state index in [9.17, 15) is 30.3 Å². The summed E-state index contributed by atoms with van der Waals surface area (Å²) in [6.45, 7) is 3.75. The summed E-state index contributed by atoms with van der Waals surface area (Å²) in [5, 5.41) is 54.8. The number of aliphatic hydroxyl groups is 5. The number of hydrogen-bond donors (Lipinski definition) is 6. The Balaban J connectivity index is 2.19. The molecule has 0 saturated carbocycles. The van der Waals surface area contributed by atoms with Gasteiger partial charge >= 0.3 is 0 Å². The van der Waals surface area contributed by atoms with E-state index >= 15 is 0 Å². The van der Waals surface area contributed by atoms with E-state index in [0.717, 1.165) is 89.9 Å². The van der Waals surface area contributed by atoms with Crippen LogP contribution in [0.2, 0.25) is 0 Å². The SMILES string of the molecule is CC/C=C\C/C=C\C/C=C\C/C=C\C/C=C\C/C=C\CCCCCCCCCCC(=O)NC(COC1OC(CO)C(O)C(O)C1O)C(O)CCCCCCCCCCCCCCCCCCCCCCCCCCC. The summed E-state index contributed by atoms with van der Waals surface area (Å²) in [4.78, 5) is 13.1. The third kappa shape index (κ3) is 44.2. The van der Waals surface area contributed by atoms with Gasteiger partial charge in [0.25, 0.3) is 0 Å². The Morgan fingerprint density at radius 3 is 1.23 bits per heavy atom. The van der Waals surface area contributed by atoms with Crippen LogP contribution >= 0.6 is 0 Å². The van der Waals surface area contributed by atoms with Crippen molar-refractivity contribution in [3.8, 4) is 0 Å². The van der Waals surface area contributed by atoms with Crippen LogP contribution in [0.25, 0.3) is 0 Å². The zero-order valence-corrected chi connectivity index (χ0v) is 48.5. The molecule has 1 rings (SSSR count). The van der Waals surface area contributed by atoms with Gasteiger partial charge in [0.05, 0.1) is 25.4 Å². The van der Waals surface area contributed by atoms with Crippen molar-refractivity contribution in [1.29, 1.82) is 0 Å². The van der Waals surface area contributed by atoms with Crippen LogP contribution in [-0.4, -0.2) is 87.5 Å². The van der Waals surface area contributed by atoms with E-state index in [1.807, 2.05) is 0 Å². The van der Waals surface area contributed by atoms with Gasteiger partial charge in [-0.05, 0) is 64.2 Å². The lowest BCUT2D eigenvalue weighted by Crippen LogP contribution is -2.60. The fraction of sp³-hybridized carbons (Fsp3) is 0.803. The van der Waals surface area contributed by atoms with Gasteiger partial charge in [-0.15, -0.1) is 0 Å². The van der Waals surface area contributed by atoms with Gasteiger partial charge in [0.1, 0.15) is 24.4 Å². The standard InChI is InChI=1S/C66H119NO8/c1-3-5-7-9-11-13-15-17-19-21-23-25-27-29-30-32-34-36-38-40-42-44-46-48-50-52-54-56-62(70)67-59(58-74-66-65(73)64(72)63(71)61(57-68)75-66)60(69)55-53-51-49-47-45-43-41-39-37-35-33-31-28-26-24-22-20-18-16-14-12-10-8-6-4-2/h5,7,11,13,17,19,23,25,29-30,34,36,59-61,63-66,68-69,71-73H,3-4,6,8-10,12,14-16,18,20-22,24,26-28,31-33,35,37-58H2,1-2H3,(H,67,70)/b7-5-,13-11-,19-17-,25-23-,30-29-,36-34-. The van der Waals surface area contributed by atoms with Crippen LogP contribution < -0.4 is 5.32 Å². The molecule has 75 heavy (non-hydrogen) atoms. The molecule has 0 bridgehead atoms. The summed E-state index contributed by atoms with van der Waals surface area (Å²) in [5.41, 5.74) is 0. The minimum Gasteiger partial charge on any atom is -0.394 e. The molecule has 9 heteroatoms. The number of ether oxygens (including phenoxy) is 2. The van der Waals surface area contributed by atoms with Gasteiger partial charge < -0.3 is 40.3 Å². The van der Waals surface area contributed by atoms with Crippen molar-refractivity contribution in [2.24, 2.45) is 0 Å². The third-order valence-electron chi connectivity index (χ3n) is 14.8. The summed E-state index contributed by atoms with van der Waals surface area (Å²) < 4.78 is 11.3. The second kappa shape index (κ2) is 55.0. The molecule has 1 saturated heterocycles. The fourth-order valence-electron chi connectivity index (χ4n) is 9.87. The van der Waals surface area contributed by atoms with Crippen molar-refractivity contribution in [3.05, 3.63) is 72.9 Å². The first-order chi connectivity index (χ1) is 36.8. The number of hydrogen-bond acceptors (Lipinski definition) is 8. The Morgan fingerprint density at radius 2 is 0.827 bits per heavy atom. The fourth-order valence-corrected chi connectivity index (χ4v) is 9.87. The lowest BCUT2D eigenvalue weighted by atomic mass is 9.99. The zero-order chi connectivity index (χ0) is 54.3. The van der Waals surface area contributed by atoms with Crippen molar-refractivity contribution >= 4 is 5.91 Å². The molecule has 6 N–H and O–H groups in total. The number of carbonyl (C=O) groups is 1. The highest BCUT2D eigenvalue weighted by molar-refractivity contribution is 5.76. The highest BCUT2D eigenvalue weighted by Crippen LogP contribution is 2.23. The van der Waals surface area contributed by atoms with E-state index in [-0.39, 0.29) is 12.5 Å². The number of carbonyl (C=O) groups excluding carboxylic acids is 1. The lowest BCUT2D eigenvalue weighted by Gasteiger charge is -2.40. The molecule has 7 atom stereocenters. The van der Waals surface area contributed by atoms with Gasteiger partial charge in [-0.3, -0.25) is 4.79 Å². The molecule has 9 nitrogen and oxygen atoms in total. The van der Waals surface area contributed by atoms with Gasteiger partial charge in [-0.2, -0.15) is 0 Å². The number of aliphatic hydroxyl groups excluding tert-OH is 5. The average Bonchev–Trinajstić information content (AvgIpc) is 3.41. The third-order valence-corrected chi connectivity index (χ3v) is 14.8. The molecule has 0 radical (unpaired) electrons. The van der Waals surface area contributed by atoms with Crippen LogP contribution in [0, 0.1) is 0 Å². The molecular weight excluding hydrogens is 935 g/mol. The quantitative estimate of drug-likeness (QED) is 0.0261. The normalized spacial score (nSPS) is 19.4. The molecule has 0 spiro atoms. The summed E-state index contributed by atoms with van der Waals surface area (Å²) in [7, 11) is 0. The zero-order valence-electron chi connectivity index (χ0n) is 48.5. The van der Waals surface area contributed by atoms with Crippen LogP contribution in [0.5, 0.6) is 0 Å². The molecule has 1 heterocycles. The van der Waals surface area contributed by atoms with Gasteiger partial charge in [0.15, 0.2) is 6.29 Å². The summed E-state index contributed by atoms with van der Waals surface area (Å²) >= 11 is 0. The Kier molecular flexibility index (Phi) is 51.8. The van der Waals surface area contributed by atoms with Crippen molar-refractivity contribution in [3.63, 3.8) is 0 Å². The van der Waals surface area contributed by atoms with Crippen molar-refractivity contribution in [2.45, 2.75) is 326 Å². The molecule has 1 aliphatic rings. The molecule has 1 fully saturated rings. The molecule has 7 unspecified atom stereocenters. The predicted molar refractivity (Wildman–Crippen MR) is 318 cm³/mol. The van der Waals surface area contributed by atoms with E-state index in [1.54, 1.807) is 0 Å². The maximum absolute atomic E-state index is 13.1. The molecule has 0 aliphatic carbocycles. The number of amides is 1. The van der Waals surface area contributed by atoms with Gasteiger partial charge in [0.2, 0.25) is 5.91 Å². The molecule has 0 aromatic carbocycles. The molecule has 1 aliphatic heterocycles. The van der Waals surface area contributed by atoms with Crippen molar-refractivity contribution in [2.75, 3.05) is 13.2 Å². The highest BCUT2D eigenvalue weighted by atomic mass is 16.7. The first kappa shape index (κ1) is 70.6. The summed E-state index contributed by atoms with van der Waals surface area (Å²) in [6, 6.07) is -0.729. The first-order valence-electron chi connectivity index (χ1n) is 31.6. The molecule has 1 amide bonds. The second-order valence-corrected chi connectivity index (χ2v) is 21.8. The first-order valence-corrected chi connectivity index (χ1v) is 31.6. The van der Waals surface area contributed by atoms with E-state index in [4.69, 9.17) is 9.47 Å². The number of allylic oxidation sites excluding steroid dienone is 12. The van der Waals surface area contributed by atoms with Crippen LogP contribution in [0.4, 0.5) is 0 Å². The topological polar surface area (TPSA) is 149 Å². The summed E-state index contributed by atoms with van der Waals surface area (Å²) in [6.07, 6.45) is 69.3.